The van der Waals surface area contributed by atoms with E-state index in [-0.39, 0.29) is 5.91 Å². The van der Waals surface area contributed by atoms with Gasteiger partial charge in [-0.2, -0.15) is 0 Å². The smallest absolute Gasteiger partial charge is 0.255 e. The van der Waals surface area contributed by atoms with Crippen LogP contribution in [0, 0.1) is 0 Å². The molecular weight excluding hydrogens is 232 g/mol. The predicted molar refractivity (Wildman–Crippen MR) is 67.7 cm³/mol. The van der Waals surface area contributed by atoms with Crippen molar-refractivity contribution in [2.45, 2.75) is 13.3 Å². The topological polar surface area (TPSA) is 69.0 Å². The third-order valence-electron chi connectivity index (χ3n) is 2.71. The Bertz CT molecular complexity index is 577. The number of hydrogen-bond acceptors (Lipinski definition) is 4. The molecule has 1 amide bonds. The molecule has 6 heteroatoms. The SMILES string of the molecule is CCCNC(=O)c1cc2nnn(C)c2cc1OC. The molecule has 1 aromatic heterocycles. The highest BCUT2D eigenvalue weighted by molar-refractivity contribution is 6.00. The molecule has 1 N–H and O–H groups in total. The van der Waals surface area contributed by atoms with Crippen LogP contribution in [0.2, 0.25) is 0 Å². The molecule has 1 heterocycles. The van der Waals surface area contributed by atoms with Gasteiger partial charge in [-0.15, -0.1) is 5.10 Å². The van der Waals surface area contributed by atoms with E-state index in [1.807, 2.05) is 6.92 Å². The van der Waals surface area contributed by atoms with Crippen LogP contribution in [0.25, 0.3) is 11.0 Å². The van der Waals surface area contributed by atoms with Crippen LogP contribution in [0.5, 0.6) is 5.75 Å². The first-order valence-electron chi connectivity index (χ1n) is 5.83. The molecule has 0 atom stereocenters. The van der Waals surface area contributed by atoms with Gasteiger partial charge >= 0.3 is 0 Å². The van der Waals surface area contributed by atoms with Crippen LogP contribution in [0.3, 0.4) is 0 Å². The van der Waals surface area contributed by atoms with Crippen LogP contribution in [0.1, 0.15) is 23.7 Å². The maximum absolute atomic E-state index is 12.0. The average Bonchev–Trinajstić information content (AvgIpc) is 2.75. The van der Waals surface area contributed by atoms with Gasteiger partial charge < -0.3 is 10.1 Å². The lowest BCUT2D eigenvalue weighted by atomic mass is 10.1. The summed E-state index contributed by atoms with van der Waals surface area (Å²) in [6, 6.07) is 3.47. The van der Waals surface area contributed by atoms with Crippen LogP contribution in [0.4, 0.5) is 0 Å². The van der Waals surface area contributed by atoms with E-state index in [2.05, 4.69) is 15.6 Å². The fourth-order valence-corrected chi connectivity index (χ4v) is 1.74. The van der Waals surface area contributed by atoms with Gasteiger partial charge in [-0.25, -0.2) is 4.68 Å². The van der Waals surface area contributed by atoms with Gasteiger partial charge in [0, 0.05) is 19.7 Å². The van der Waals surface area contributed by atoms with Gasteiger partial charge in [0.05, 0.1) is 18.2 Å². The van der Waals surface area contributed by atoms with Crippen LogP contribution < -0.4 is 10.1 Å². The summed E-state index contributed by atoms with van der Waals surface area (Å²) in [6.07, 6.45) is 0.890. The monoisotopic (exact) mass is 248 g/mol. The zero-order valence-electron chi connectivity index (χ0n) is 10.7. The van der Waals surface area contributed by atoms with Crippen molar-refractivity contribution in [3.05, 3.63) is 17.7 Å². The lowest BCUT2D eigenvalue weighted by Crippen LogP contribution is -2.24. The van der Waals surface area contributed by atoms with E-state index in [4.69, 9.17) is 4.74 Å². The number of fused-ring (bicyclic) bond motifs is 1. The van der Waals surface area contributed by atoms with Crippen LogP contribution in [-0.2, 0) is 7.05 Å². The minimum absolute atomic E-state index is 0.152. The molecule has 6 nitrogen and oxygen atoms in total. The summed E-state index contributed by atoms with van der Waals surface area (Å²) < 4.78 is 6.89. The van der Waals surface area contributed by atoms with Crippen molar-refractivity contribution in [1.82, 2.24) is 20.3 Å². The third-order valence-corrected chi connectivity index (χ3v) is 2.71. The maximum atomic E-state index is 12.0. The van der Waals surface area contributed by atoms with Crippen molar-refractivity contribution in [3.63, 3.8) is 0 Å². The summed E-state index contributed by atoms with van der Waals surface area (Å²) in [5.41, 5.74) is 2.00. The summed E-state index contributed by atoms with van der Waals surface area (Å²) in [4.78, 5) is 12.0. The number of aryl methyl sites for hydroxylation is 1. The lowest BCUT2D eigenvalue weighted by Gasteiger charge is -2.08. The first kappa shape index (κ1) is 12.3. The van der Waals surface area contributed by atoms with Gasteiger partial charge in [0.2, 0.25) is 0 Å². The molecule has 0 aliphatic carbocycles. The number of nitrogens with zero attached hydrogens (tertiary/aromatic N) is 3. The van der Waals surface area contributed by atoms with Gasteiger partial charge in [-0.1, -0.05) is 12.1 Å². The van der Waals surface area contributed by atoms with Crippen molar-refractivity contribution < 1.29 is 9.53 Å². The number of aromatic nitrogens is 3. The summed E-state index contributed by atoms with van der Waals surface area (Å²) >= 11 is 0. The van der Waals surface area contributed by atoms with Crippen LogP contribution in [0.15, 0.2) is 12.1 Å². The Morgan fingerprint density at radius 1 is 1.50 bits per heavy atom. The zero-order valence-corrected chi connectivity index (χ0v) is 10.7. The van der Waals surface area contributed by atoms with Gasteiger partial charge in [0.25, 0.3) is 5.91 Å². The fraction of sp³-hybridized carbons (Fsp3) is 0.417. The van der Waals surface area contributed by atoms with Gasteiger partial charge in [-0.05, 0) is 12.5 Å². The molecule has 18 heavy (non-hydrogen) atoms. The maximum Gasteiger partial charge on any atom is 0.255 e. The summed E-state index contributed by atoms with van der Waals surface area (Å²) in [5.74, 6) is 0.378. The summed E-state index contributed by atoms with van der Waals surface area (Å²) in [7, 11) is 3.34. The molecule has 2 rings (SSSR count). The van der Waals surface area contributed by atoms with E-state index < -0.39 is 0 Å². The number of methoxy groups -OCH3 is 1. The Balaban J connectivity index is 2.45. The molecule has 0 radical (unpaired) electrons. The Morgan fingerprint density at radius 3 is 2.94 bits per heavy atom. The highest BCUT2D eigenvalue weighted by atomic mass is 16.5. The first-order valence-corrected chi connectivity index (χ1v) is 5.83. The first-order chi connectivity index (χ1) is 8.67. The van der Waals surface area contributed by atoms with Crippen molar-refractivity contribution in [2.24, 2.45) is 7.05 Å². The second kappa shape index (κ2) is 5.03. The summed E-state index contributed by atoms with van der Waals surface area (Å²) in [5, 5.41) is 10.7. The molecule has 0 fully saturated rings. The Labute approximate surface area is 105 Å². The van der Waals surface area contributed by atoms with E-state index in [0.29, 0.717) is 23.4 Å². The highest BCUT2D eigenvalue weighted by Gasteiger charge is 2.15. The van der Waals surface area contributed by atoms with Crippen LogP contribution >= 0.6 is 0 Å². The number of ether oxygens (including phenoxy) is 1. The Hall–Kier alpha value is -2.11. The molecule has 0 aliphatic heterocycles. The normalized spacial score (nSPS) is 10.6. The molecule has 0 spiro atoms. The second-order valence-corrected chi connectivity index (χ2v) is 4.01. The molecule has 0 bridgehead atoms. The third kappa shape index (κ3) is 2.13. The van der Waals surface area contributed by atoms with Gasteiger partial charge in [-0.3, -0.25) is 4.79 Å². The largest absolute Gasteiger partial charge is 0.496 e. The van der Waals surface area contributed by atoms with Crippen molar-refractivity contribution in [2.75, 3.05) is 13.7 Å². The molecule has 96 valence electrons. The minimum atomic E-state index is -0.152. The molecule has 1 aromatic carbocycles. The number of nitrogens with one attached hydrogen (secondary N) is 1. The summed E-state index contributed by atoms with van der Waals surface area (Å²) in [6.45, 7) is 2.64. The van der Waals surface area contributed by atoms with E-state index in [1.165, 1.54) is 0 Å². The average molecular weight is 248 g/mol. The number of amides is 1. The molecule has 2 aromatic rings. The van der Waals surface area contributed by atoms with E-state index in [9.17, 15) is 4.79 Å². The minimum Gasteiger partial charge on any atom is -0.496 e. The molecule has 0 unspecified atom stereocenters. The van der Waals surface area contributed by atoms with E-state index in [1.54, 1.807) is 31.0 Å². The number of rotatable bonds is 4. The molecule has 0 aliphatic rings. The highest BCUT2D eigenvalue weighted by Crippen LogP contribution is 2.24. The van der Waals surface area contributed by atoms with Gasteiger partial charge in [0.15, 0.2) is 0 Å². The van der Waals surface area contributed by atoms with Crippen LogP contribution in [-0.4, -0.2) is 34.6 Å². The number of hydrogen-bond donors (Lipinski definition) is 1. The van der Waals surface area contributed by atoms with Gasteiger partial charge in [0.1, 0.15) is 11.3 Å². The fourth-order valence-electron chi connectivity index (χ4n) is 1.74. The Kier molecular flexibility index (Phi) is 3.45. The molecule has 0 saturated heterocycles. The van der Waals surface area contributed by atoms with E-state index >= 15 is 0 Å². The predicted octanol–water partition coefficient (Wildman–Crippen LogP) is 1.12. The Morgan fingerprint density at radius 2 is 2.28 bits per heavy atom. The zero-order chi connectivity index (χ0) is 13.1. The van der Waals surface area contributed by atoms with E-state index in [0.717, 1.165) is 11.9 Å². The molecule has 0 saturated carbocycles. The number of carbonyl (C=O) groups excluding carboxylic acids is 1. The second-order valence-electron chi connectivity index (χ2n) is 4.01. The van der Waals surface area contributed by atoms with Crippen molar-refractivity contribution in [3.8, 4) is 5.75 Å². The number of benzene rings is 1. The van der Waals surface area contributed by atoms with Crippen molar-refractivity contribution in [1.29, 1.82) is 0 Å². The lowest BCUT2D eigenvalue weighted by molar-refractivity contribution is 0.0951. The number of carbonyl (C=O) groups is 1. The standard InChI is InChI=1S/C12H16N4O2/c1-4-5-13-12(17)8-6-9-10(7-11(8)18-3)16(2)15-14-9/h6-7H,4-5H2,1-3H3,(H,13,17). The molecular formula is C12H16N4O2. The van der Waals surface area contributed by atoms with Crippen molar-refractivity contribution >= 4 is 16.9 Å². The quantitative estimate of drug-likeness (QED) is 0.880.